The smallest absolute Gasteiger partial charge is 0.309 e. The van der Waals surface area contributed by atoms with E-state index in [1.165, 1.54) is 0 Å². The van der Waals surface area contributed by atoms with Gasteiger partial charge in [0.05, 0.1) is 23.3 Å². The topological polar surface area (TPSA) is 98.7 Å². The molecule has 182 valence electrons. The lowest BCUT2D eigenvalue weighted by Gasteiger charge is -2.35. The van der Waals surface area contributed by atoms with Crippen molar-refractivity contribution in [1.82, 2.24) is 10.6 Å². The number of nitrogens with one attached hydrogen (secondary N) is 2. The van der Waals surface area contributed by atoms with Gasteiger partial charge in [-0.1, -0.05) is 86.3 Å². The summed E-state index contributed by atoms with van der Waals surface area (Å²) in [4.78, 5) is 26.1. The largest absolute Gasteiger partial charge is 0.388 e. The first-order chi connectivity index (χ1) is 16.4. The highest BCUT2D eigenvalue weighted by Crippen LogP contribution is 2.35. The number of hydrogen-bond donors (Lipinski definition) is 4. The molecule has 0 radical (unpaired) electrons. The van der Waals surface area contributed by atoms with E-state index in [0.717, 1.165) is 36.8 Å². The summed E-state index contributed by atoms with van der Waals surface area (Å²) in [6.45, 7) is 0. The van der Waals surface area contributed by atoms with Gasteiger partial charge in [0.2, 0.25) is 0 Å². The Hall–Kier alpha value is -2.70. The summed E-state index contributed by atoms with van der Waals surface area (Å²) in [5.41, 5.74) is -0.0657. The van der Waals surface area contributed by atoms with Crippen molar-refractivity contribution in [3.8, 4) is 0 Å². The molecular formula is C28H36N2O4. The minimum Gasteiger partial charge on any atom is -0.388 e. The van der Waals surface area contributed by atoms with Crippen LogP contribution in [-0.2, 0) is 22.4 Å². The Morgan fingerprint density at radius 1 is 0.647 bits per heavy atom. The van der Waals surface area contributed by atoms with Gasteiger partial charge in [0, 0.05) is 0 Å². The second-order valence-electron chi connectivity index (χ2n) is 10.1. The summed E-state index contributed by atoms with van der Waals surface area (Å²) in [6.07, 6.45) is 6.90. The summed E-state index contributed by atoms with van der Waals surface area (Å²) in [6, 6.07) is 18.3. The number of benzene rings is 2. The van der Waals surface area contributed by atoms with E-state index < -0.39 is 35.1 Å². The van der Waals surface area contributed by atoms with Crippen LogP contribution in [0.15, 0.2) is 60.7 Å². The Morgan fingerprint density at radius 3 is 1.29 bits per heavy atom. The van der Waals surface area contributed by atoms with Crippen LogP contribution in [0.4, 0.5) is 0 Å². The molecule has 0 spiro atoms. The SMILES string of the molecule is O=C(NC(Cc1ccccc1)C1(O)CCCC1)C(=O)NC(Cc1ccccc1)C1(O)CCCC1. The van der Waals surface area contributed by atoms with Crippen molar-refractivity contribution >= 4 is 11.8 Å². The maximum atomic E-state index is 13.0. The highest BCUT2D eigenvalue weighted by atomic mass is 16.3. The predicted octanol–water partition coefficient (Wildman–Crippen LogP) is 3.05. The molecule has 0 saturated heterocycles. The number of rotatable bonds is 8. The first-order valence-electron chi connectivity index (χ1n) is 12.5. The molecule has 6 heteroatoms. The lowest BCUT2D eigenvalue weighted by molar-refractivity contribution is -0.142. The second kappa shape index (κ2) is 10.7. The van der Waals surface area contributed by atoms with Gasteiger partial charge in [-0.15, -0.1) is 0 Å². The molecule has 0 aromatic heterocycles. The highest BCUT2D eigenvalue weighted by Gasteiger charge is 2.43. The second-order valence-corrected chi connectivity index (χ2v) is 10.1. The monoisotopic (exact) mass is 464 g/mol. The van der Waals surface area contributed by atoms with Crippen molar-refractivity contribution in [3.05, 3.63) is 71.8 Å². The molecule has 34 heavy (non-hydrogen) atoms. The Morgan fingerprint density at radius 2 is 0.971 bits per heavy atom. The Kier molecular flexibility index (Phi) is 7.69. The van der Waals surface area contributed by atoms with Crippen LogP contribution in [0, 0.1) is 0 Å². The molecule has 4 N–H and O–H groups in total. The van der Waals surface area contributed by atoms with Crippen LogP contribution in [0.2, 0.25) is 0 Å². The molecule has 6 nitrogen and oxygen atoms in total. The number of hydrogen-bond acceptors (Lipinski definition) is 4. The molecular weight excluding hydrogens is 428 g/mol. The Labute approximate surface area is 201 Å². The molecule has 2 unspecified atom stereocenters. The zero-order valence-electron chi connectivity index (χ0n) is 19.7. The van der Waals surface area contributed by atoms with Crippen LogP contribution in [0.3, 0.4) is 0 Å². The number of aliphatic hydroxyl groups is 2. The van der Waals surface area contributed by atoms with E-state index in [-0.39, 0.29) is 0 Å². The lowest BCUT2D eigenvalue weighted by atomic mass is 9.87. The molecule has 0 heterocycles. The zero-order chi connectivity index (χ0) is 24.0. The summed E-state index contributed by atoms with van der Waals surface area (Å²) in [5.74, 6) is -1.53. The van der Waals surface area contributed by atoms with E-state index in [1.54, 1.807) is 0 Å². The standard InChI is InChI=1S/C28H36N2O4/c31-25(29-23(27(33)15-7-8-16-27)19-21-11-3-1-4-12-21)26(32)30-24(28(34)17-9-10-18-28)20-22-13-5-2-6-14-22/h1-6,11-14,23-24,33-34H,7-10,15-20H2,(H,29,31)(H,30,32). The Bertz CT molecular complexity index is 871. The van der Waals surface area contributed by atoms with Gasteiger partial charge in [0.25, 0.3) is 0 Å². The summed E-state index contributed by atoms with van der Waals surface area (Å²) >= 11 is 0. The van der Waals surface area contributed by atoms with Gasteiger partial charge >= 0.3 is 11.8 Å². The molecule has 4 rings (SSSR count). The third-order valence-electron chi connectivity index (χ3n) is 7.62. The van der Waals surface area contributed by atoms with E-state index in [2.05, 4.69) is 10.6 Å². The summed E-state index contributed by atoms with van der Waals surface area (Å²) in [5, 5.41) is 28.2. The average Bonchev–Trinajstić information content (AvgIpc) is 3.49. The molecule has 0 aliphatic heterocycles. The Balaban J connectivity index is 1.47. The van der Waals surface area contributed by atoms with Crippen LogP contribution >= 0.6 is 0 Å². The van der Waals surface area contributed by atoms with Crippen LogP contribution in [0.1, 0.15) is 62.5 Å². The van der Waals surface area contributed by atoms with Gasteiger partial charge in [-0.05, 0) is 49.7 Å². The van der Waals surface area contributed by atoms with E-state index in [1.807, 2.05) is 60.7 Å². The van der Waals surface area contributed by atoms with Crippen molar-refractivity contribution in [1.29, 1.82) is 0 Å². The quantitative estimate of drug-likeness (QED) is 0.451. The first-order valence-corrected chi connectivity index (χ1v) is 12.5. The van der Waals surface area contributed by atoms with Gasteiger partial charge < -0.3 is 20.8 Å². The average molecular weight is 465 g/mol. The van der Waals surface area contributed by atoms with Crippen LogP contribution in [0.25, 0.3) is 0 Å². The maximum absolute atomic E-state index is 13.0. The van der Waals surface area contributed by atoms with E-state index in [0.29, 0.717) is 38.5 Å². The predicted molar refractivity (Wildman–Crippen MR) is 131 cm³/mol. The van der Waals surface area contributed by atoms with Gasteiger partial charge in [-0.2, -0.15) is 0 Å². The fourth-order valence-electron chi connectivity index (χ4n) is 5.57. The van der Waals surface area contributed by atoms with Gasteiger partial charge in [0.15, 0.2) is 0 Å². The minimum atomic E-state index is -1.03. The van der Waals surface area contributed by atoms with Crippen molar-refractivity contribution in [2.45, 2.75) is 87.5 Å². The molecule has 2 aliphatic carbocycles. The maximum Gasteiger partial charge on any atom is 0.309 e. The molecule has 2 fully saturated rings. The molecule has 2 aromatic rings. The van der Waals surface area contributed by atoms with Crippen molar-refractivity contribution in [2.24, 2.45) is 0 Å². The third-order valence-corrected chi connectivity index (χ3v) is 7.62. The number of carbonyl (C=O) groups is 2. The highest BCUT2D eigenvalue weighted by molar-refractivity contribution is 6.35. The normalized spacial score (nSPS) is 20.4. The van der Waals surface area contributed by atoms with Gasteiger partial charge in [0.1, 0.15) is 0 Å². The molecule has 2 aromatic carbocycles. The fourth-order valence-corrected chi connectivity index (χ4v) is 5.57. The fraction of sp³-hybridized carbons (Fsp3) is 0.500. The van der Waals surface area contributed by atoms with Crippen LogP contribution in [-0.4, -0.2) is 45.3 Å². The first kappa shape index (κ1) is 24.4. The molecule has 0 bridgehead atoms. The van der Waals surface area contributed by atoms with E-state index in [4.69, 9.17) is 0 Å². The number of carbonyl (C=O) groups excluding carboxylic acids is 2. The van der Waals surface area contributed by atoms with Crippen molar-refractivity contribution in [3.63, 3.8) is 0 Å². The third kappa shape index (κ3) is 5.86. The van der Waals surface area contributed by atoms with Gasteiger partial charge in [-0.25, -0.2) is 0 Å². The van der Waals surface area contributed by atoms with Crippen LogP contribution in [0.5, 0.6) is 0 Å². The van der Waals surface area contributed by atoms with E-state index in [9.17, 15) is 19.8 Å². The molecule has 2 atom stereocenters. The van der Waals surface area contributed by atoms with Gasteiger partial charge in [-0.3, -0.25) is 9.59 Å². The molecule has 2 saturated carbocycles. The minimum absolute atomic E-state index is 0.452. The summed E-state index contributed by atoms with van der Waals surface area (Å²) < 4.78 is 0. The lowest BCUT2D eigenvalue weighted by Crippen LogP contribution is -2.59. The van der Waals surface area contributed by atoms with Crippen molar-refractivity contribution in [2.75, 3.05) is 0 Å². The molecule has 2 aliphatic rings. The number of amides is 2. The van der Waals surface area contributed by atoms with Crippen molar-refractivity contribution < 1.29 is 19.8 Å². The van der Waals surface area contributed by atoms with Crippen LogP contribution < -0.4 is 10.6 Å². The van der Waals surface area contributed by atoms with E-state index >= 15 is 0 Å². The molecule has 2 amide bonds. The zero-order valence-corrected chi connectivity index (χ0v) is 19.7. The summed E-state index contributed by atoms with van der Waals surface area (Å²) in [7, 11) is 0.